The Morgan fingerprint density at radius 3 is 2.53 bits per heavy atom. The fourth-order valence-corrected chi connectivity index (χ4v) is 3.44. The number of aryl methyl sites for hydroxylation is 2. The molecule has 1 aromatic carbocycles. The van der Waals surface area contributed by atoms with Gasteiger partial charge >= 0.3 is 0 Å². The van der Waals surface area contributed by atoms with Gasteiger partial charge in [-0.15, -0.1) is 24.0 Å². The predicted molar refractivity (Wildman–Crippen MR) is 127 cm³/mol. The summed E-state index contributed by atoms with van der Waals surface area (Å²) in [7, 11) is 1.71. The molecule has 1 saturated heterocycles. The molecule has 0 aliphatic carbocycles. The molecule has 0 spiro atoms. The Labute approximate surface area is 194 Å². The van der Waals surface area contributed by atoms with Crippen LogP contribution in [0.3, 0.4) is 0 Å². The van der Waals surface area contributed by atoms with Gasteiger partial charge in [0.25, 0.3) is 0 Å². The van der Waals surface area contributed by atoms with Crippen molar-refractivity contribution in [2.75, 3.05) is 38.3 Å². The first-order valence-electron chi connectivity index (χ1n) is 10.2. The minimum absolute atomic E-state index is 0. The standard InChI is InChI=1S/C21H30FN5O2.HI/c1-4-18-16(20(5-2)29-26-18)14-25-21(23-3)24-13-15-6-7-19(17(22)12-15)27-8-10-28-11-9-27;/h6-7,12H,4-5,8-11,13-14H2,1-3H3,(H2,23,24,25);1H. The molecule has 166 valence electrons. The highest BCUT2D eigenvalue weighted by atomic mass is 127. The van der Waals surface area contributed by atoms with Crippen molar-refractivity contribution in [2.45, 2.75) is 39.8 Å². The van der Waals surface area contributed by atoms with Crippen LogP contribution in [0.4, 0.5) is 10.1 Å². The van der Waals surface area contributed by atoms with Crippen molar-refractivity contribution in [2.24, 2.45) is 4.99 Å². The molecule has 2 aromatic rings. The quantitative estimate of drug-likeness (QED) is 0.325. The van der Waals surface area contributed by atoms with Crippen LogP contribution >= 0.6 is 24.0 Å². The fraction of sp³-hybridized carbons (Fsp3) is 0.524. The molecule has 2 N–H and O–H groups in total. The van der Waals surface area contributed by atoms with Crippen molar-refractivity contribution < 1.29 is 13.7 Å². The molecule has 0 radical (unpaired) electrons. The van der Waals surface area contributed by atoms with Crippen LogP contribution in [0.5, 0.6) is 0 Å². The van der Waals surface area contributed by atoms with E-state index in [4.69, 9.17) is 9.26 Å². The van der Waals surface area contributed by atoms with Gasteiger partial charge in [0.1, 0.15) is 11.6 Å². The minimum Gasteiger partial charge on any atom is -0.378 e. The van der Waals surface area contributed by atoms with Crippen molar-refractivity contribution in [1.29, 1.82) is 0 Å². The smallest absolute Gasteiger partial charge is 0.191 e. The number of rotatable bonds is 7. The summed E-state index contributed by atoms with van der Waals surface area (Å²) in [6, 6.07) is 5.36. The van der Waals surface area contributed by atoms with Gasteiger partial charge < -0.3 is 24.8 Å². The summed E-state index contributed by atoms with van der Waals surface area (Å²) in [5, 5.41) is 10.7. The summed E-state index contributed by atoms with van der Waals surface area (Å²) in [5.41, 5.74) is 3.53. The first-order chi connectivity index (χ1) is 14.2. The summed E-state index contributed by atoms with van der Waals surface area (Å²) in [6.45, 7) is 7.87. The molecule has 0 saturated carbocycles. The molecule has 0 bridgehead atoms. The number of morpholine rings is 1. The maximum absolute atomic E-state index is 14.6. The summed E-state index contributed by atoms with van der Waals surface area (Å²) >= 11 is 0. The number of halogens is 2. The van der Waals surface area contributed by atoms with Crippen molar-refractivity contribution in [1.82, 2.24) is 15.8 Å². The lowest BCUT2D eigenvalue weighted by molar-refractivity contribution is 0.122. The van der Waals surface area contributed by atoms with E-state index in [0.29, 0.717) is 51.0 Å². The van der Waals surface area contributed by atoms with Gasteiger partial charge in [-0.05, 0) is 24.1 Å². The van der Waals surface area contributed by atoms with E-state index in [1.807, 2.05) is 24.0 Å². The van der Waals surface area contributed by atoms with Gasteiger partial charge in [-0.3, -0.25) is 4.99 Å². The van der Waals surface area contributed by atoms with E-state index in [9.17, 15) is 4.39 Å². The summed E-state index contributed by atoms with van der Waals surface area (Å²) < 4.78 is 25.3. The number of nitrogens with one attached hydrogen (secondary N) is 2. The van der Waals surface area contributed by atoms with Crippen LogP contribution in [-0.4, -0.2) is 44.5 Å². The van der Waals surface area contributed by atoms with Crippen LogP contribution in [0.15, 0.2) is 27.7 Å². The Hall–Kier alpha value is -1.88. The lowest BCUT2D eigenvalue weighted by Gasteiger charge is -2.29. The highest BCUT2D eigenvalue weighted by Crippen LogP contribution is 2.21. The van der Waals surface area contributed by atoms with Gasteiger partial charge in [0, 0.05) is 45.2 Å². The maximum Gasteiger partial charge on any atom is 0.191 e. The van der Waals surface area contributed by atoms with Gasteiger partial charge in [0.15, 0.2) is 5.96 Å². The van der Waals surface area contributed by atoms with Crippen molar-refractivity contribution in [3.05, 3.63) is 46.6 Å². The van der Waals surface area contributed by atoms with Crippen LogP contribution < -0.4 is 15.5 Å². The Bertz CT molecular complexity index is 815. The number of hydrogen-bond donors (Lipinski definition) is 2. The Morgan fingerprint density at radius 2 is 1.90 bits per heavy atom. The molecule has 1 aromatic heterocycles. The van der Waals surface area contributed by atoms with E-state index in [0.717, 1.165) is 35.4 Å². The SMILES string of the molecule is CCc1noc(CC)c1CNC(=NC)NCc1ccc(N2CCOCC2)c(F)c1.I. The molecule has 1 fully saturated rings. The van der Waals surface area contributed by atoms with E-state index in [-0.39, 0.29) is 29.8 Å². The van der Waals surface area contributed by atoms with Gasteiger partial charge in [-0.2, -0.15) is 0 Å². The van der Waals surface area contributed by atoms with Crippen LogP contribution in [-0.2, 0) is 30.7 Å². The summed E-state index contributed by atoms with van der Waals surface area (Å²) in [5.74, 6) is 1.33. The second kappa shape index (κ2) is 12.1. The second-order valence-corrected chi connectivity index (χ2v) is 6.90. The topological polar surface area (TPSA) is 74.9 Å². The van der Waals surface area contributed by atoms with E-state index in [1.54, 1.807) is 13.1 Å². The zero-order valence-corrected chi connectivity index (χ0v) is 20.2. The Kier molecular flexibility index (Phi) is 9.83. The van der Waals surface area contributed by atoms with Crippen molar-refractivity contribution in [3.8, 4) is 0 Å². The largest absolute Gasteiger partial charge is 0.378 e. The molecule has 9 heteroatoms. The molecule has 1 aliphatic heterocycles. The number of aromatic nitrogens is 1. The molecule has 0 amide bonds. The third kappa shape index (κ3) is 6.07. The molecule has 7 nitrogen and oxygen atoms in total. The molecule has 0 unspecified atom stereocenters. The van der Waals surface area contributed by atoms with Crippen LogP contribution in [0, 0.1) is 5.82 Å². The highest BCUT2D eigenvalue weighted by Gasteiger charge is 2.16. The predicted octanol–water partition coefficient (Wildman–Crippen LogP) is 3.26. The lowest BCUT2D eigenvalue weighted by atomic mass is 10.1. The molecular weight excluding hydrogens is 500 g/mol. The fourth-order valence-electron chi connectivity index (χ4n) is 3.44. The number of anilines is 1. The van der Waals surface area contributed by atoms with Gasteiger partial charge in [0.05, 0.1) is 24.6 Å². The van der Waals surface area contributed by atoms with E-state index < -0.39 is 0 Å². The first kappa shape index (κ1) is 24.4. The number of hydrogen-bond acceptors (Lipinski definition) is 5. The number of ether oxygens (including phenoxy) is 1. The summed E-state index contributed by atoms with van der Waals surface area (Å²) in [4.78, 5) is 6.27. The molecule has 0 atom stereocenters. The molecule has 3 rings (SSSR count). The zero-order chi connectivity index (χ0) is 20.6. The normalized spacial score (nSPS) is 14.4. The van der Waals surface area contributed by atoms with E-state index >= 15 is 0 Å². The average Bonchev–Trinajstić information content (AvgIpc) is 3.16. The van der Waals surface area contributed by atoms with Crippen molar-refractivity contribution in [3.63, 3.8) is 0 Å². The molecule has 2 heterocycles. The molecular formula is C21H31FIN5O2. The monoisotopic (exact) mass is 531 g/mol. The number of aliphatic imine (C=N–C) groups is 1. The molecule has 1 aliphatic rings. The lowest BCUT2D eigenvalue weighted by Crippen LogP contribution is -2.37. The van der Waals surface area contributed by atoms with Gasteiger partial charge in [-0.1, -0.05) is 25.1 Å². The molecule has 30 heavy (non-hydrogen) atoms. The first-order valence-corrected chi connectivity index (χ1v) is 10.2. The van der Waals surface area contributed by atoms with Gasteiger partial charge in [-0.25, -0.2) is 4.39 Å². The number of guanidine groups is 1. The van der Waals surface area contributed by atoms with Crippen LogP contribution in [0.25, 0.3) is 0 Å². The minimum atomic E-state index is -0.209. The van der Waals surface area contributed by atoms with E-state index in [1.165, 1.54) is 0 Å². The third-order valence-electron chi connectivity index (χ3n) is 5.09. The van der Waals surface area contributed by atoms with Crippen LogP contribution in [0.1, 0.15) is 36.4 Å². The Morgan fingerprint density at radius 1 is 1.17 bits per heavy atom. The van der Waals surface area contributed by atoms with E-state index in [2.05, 4.69) is 27.7 Å². The summed E-state index contributed by atoms with van der Waals surface area (Å²) in [6.07, 6.45) is 1.62. The highest BCUT2D eigenvalue weighted by molar-refractivity contribution is 14.0. The number of nitrogens with zero attached hydrogens (tertiary/aromatic N) is 3. The van der Waals surface area contributed by atoms with Crippen LogP contribution in [0.2, 0.25) is 0 Å². The maximum atomic E-state index is 14.6. The van der Waals surface area contributed by atoms with Crippen molar-refractivity contribution >= 4 is 35.6 Å². The average molecular weight is 531 g/mol. The second-order valence-electron chi connectivity index (χ2n) is 6.90. The van der Waals surface area contributed by atoms with Gasteiger partial charge in [0.2, 0.25) is 0 Å². The third-order valence-corrected chi connectivity index (χ3v) is 5.09. The number of benzene rings is 1. The Balaban J connectivity index is 0.00000320. The zero-order valence-electron chi connectivity index (χ0n) is 17.8.